The number of nitrogens with two attached hydrogens (primary N) is 1. The van der Waals surface area contributed by atoms with Crippen molar-refractivity contribution in [1.29, 1.82) is 0 Å². The van der Waals surface area contributed by atoms with Crippen molar-refractivity contribution >= 4 is 12.0 Å². The molecule has 2 fully saturated rings. The molecule has 0 radical (unpaired) electrons. The molecule has 3 aromatic rings. The minimum Gasteiger partial charge on any atom is -0.339 e. The largest absolute Gasteiger partial charge is 0.339 e. The van der Waals surface area contributed by atoms with E-state index in [1.807, 2.05) is 17.3 Å². The van der Waals surface area contributed by atoms with E-state index in [0.717, 1.165) is 56.0 Å². The van der Waals surface area contributed by atoms with E-state index in [0.29, 0.717) is 36.7 Å². The third-order valence-corrected chi connectivity index (χ3v) is 7.43. The molecular weight excluding hydrogens is 478 g/mol. The van der Waals surface area contributed by atoms with Gasteiger partial charge in [-0.15, -0.1) is 0 Å². The van der Waals surface area contributed by atoms with Crippen LogP contribution in [-0.2, 0) is 6.54 Å². The fraction of sp³-hybridized carbons (Fsp3) is 0.538. The Morgan fingerprint density at radius 1 is 1.11 bits per heavy atom. The van der Waals surface area contributed by atoms with Gasteiger partial charge in [-0.05, 0) is 43.7 Å². The average molecular weight is 513 g/mol. The Morgan fingerprint density at radius 3 is 2.51 bits per heavy atom. The van der Waals surface area contributed by atoms with E-state index >= 15 is 0 Å². The van der Waals surface area contributed by atoms with Crippen molar-refractivity contribution in [3.8, 4) is 0 Å². The molecule has 0 unspecified atom stereocenters. The van der Waals surface area contributed by atoms with Gasteiger partial charge >= 0.3 is 6.01 Å². The molecule has 5 rings (SSSR count). The summed E-state index contributed by atoms with van der Waals surface area (Å²) in [5.74, 6) is 0.313. The molecule has 0 bridgehead atoms. The molecule has 0 spiro atoms. The second-order valence-corrected chi connectivity index (χ2v) is 10.5. The molecule has 2 aliphatic rings. The Hall–Kier alpha value is -3.18. The third-order valence-electron chi connectivity index (χ3n) is 7.43. The van der Waals surface area contributed by atoms with E-state index in [-0.39, 0.29) is 17.9 Å². The van der Waals surface area contributed by atoms with E-state index in [4.69, 9.17) is 10.3 Å². The number of benzene rings is 1. The van der Waals surface area contributed by atoms with E-state index in [2.05, 4.69) is 50.8 Å². The summed E-state index contributed by atoms with van der Waals surface area (Å²) >= 11 is 0. The maximum absolute atomic E-state index is 14.3. The third kappa shape index (κ3) is 5.57. The topological polar surface area (TPSA) is 100 Å². The molecule has 1 aromatic carbocycles. The van der Waals surface area contributed by atoms with Gasteiger partial charge in [0.25, 0.3) is 0 Å². The second-order valence-electron chi connectivity index (χ2n) is 10.5. The van der Waals surface area contributed by atoms with Crippen LogP contribution in [0.5, 0.6) is 0 Å². The lowest BCUT2D eigenvalue weighted by Gasteiger charge is -2.35. The Kier molecular flexibility index (Phi) is 7.34. The first kappa shape index (κ1) is 25.5. The average Bonchev–Trinajstić information content (AvgIpc) is 3.54. The summed E-state index contributed by atoms with van der Waals surface area (Å²) in [6, 6.07) is 4.22. The van der Waals surface area contributed by atoms with Gasteiger partial charge in [-0.3, -0.25) is 4.90 Å². The summed E-state index contributed by atoms with van der Waals surface area (Å²) < 4.78 is 33.4. The lowest BCUT2D eigenvalue weighted by molar-refractivity contribution is 0.197. The maximum Gasteiger partial charge on any atom is 0.324 e. The van der Waals surface area contributed by atoms with E-state index in [1.54, 1.807) is 0 Å². The van der Waals surface area contributed by atoms with Crippen LogP contribution < -0.4 is 15.5 Å². The highest BCUT2D eigenvalue weighted by molar-refractivity contribution is 5.38. The molecule has 4 heterocycles. The van der Waals surface area contributed by atoms with E-state index < -0.39 is 11.6 Å². The van der Waals surface area contributed by atoms with Crippen molar-refractivity contribution in [2.45, 2.75) is 57.2 Å². The number of nitrogens with zero attached hydrogens (tertiary/aromatic N) is 7. The van der Waals surface area contributed by atoms with Gasteiger partial charge in [0.15, 0.2) is 5.82 Å². The van der Waals surface area contributed by atoms with Crippen LogP contribution in [0.3, 0.4) is 0 Å². The zero-order valence-corrected chi connectivity index (χ0v) is 21.5. The lowest BCUT2D eigenvalue weighted by Crippen LogP contribution is -2.43. The molecule has 2 atom stereocenters. The molecule has 37 heavy (non-hydrogen) atoms. The molecule has 2 saturated heterocycles. The van der Waals surface area contributed by atoms with Gasteiger partial charge in [0.05, 0.1) is 0 Å². The van der Waals surface area contributed by atoms with Gasteiger partial charge in [0.1, 0.15) is 11.6 Å². The van der Waals surface area contributed by atoms with Crippen LogP contribution in [0.4, 0.5) is 20.7 Å². The zero-order valence-electron chi connectivity index (χ0n) is 21.5. The summed E-state index contributed by atoms with van der Waals surface area (Å²) in [6.45, 7) is 7.50. The van der Waals surface area contributed by atoms with Crippen LogP contribution in [0.1, 0.15) is 55.5 Å². The van der Waals surface area contributed by atoms with Crippen LogP contribution in [-0.4, -0.2) is 70.3 Å². The number of aromatic nitrogens is 4. The molecular formula is C26H34F2N8O. The standard InChI is InChI=1S/C26H34F2N8O/c1-16(2)24-32-26(37-33-24)35-8-6-19(7-9-35)34(3)13-17-11-30-25(31-12-17)36-14-21(23(29)15-36)20-10-18(27)4-5-22(20)28/h4-5,10-12,16,19,21,23H,6-9,13-15,29H2,1-3H3/t21-,23+/m1/s1. The molecule has 0 aliphatic carbocycles. The van der Waals surface area contributed by atoms with E-state index in [1.165, 1.54) is 6.07 Å². The predicted molar refractivity (Wildman–Crippen MR) is 136 cm³/mol. The maximum atomic E-state index is 14.3. The van der Waals surface area contributed by atoms with Gasteiger partial charge in [0.2, 0.25) is 5.95 Å². The van der Waals surface area contributed by atoms with Crippen molar-refractivity contribution in [3.05, 3.63) is 59.2 Å². The van der Waals surface area contributed by atoms with Crippen molar-refractivity contribution in [2.24, 2.45) is 5.73 Å². The van der Waals surface area contributed by atoms with Crippen molar-refractivity contribution < 1.29 is 13.3 Å². The van der Waals surface area contributed by atoms with Crippen LogP contribution in [0.2, 0.25) is 0 Å². The summed E-state index contributed by atoms with van der Waals surface area (Å²) in [5.41, 5.74) is 7.61. The number of hydrogen-bond donors (Lipinski definition) is 1. The second kappa shape index (κ2) is 10.7. The van der Waals surface area contributed by atoms with Crippen LogP contribution in [0, 0.1) is 11.6 Å². The number of piperidine rings is 1. The smallest absolute Gasteiger partial charge is 0.324 e. The Balaban J connectivity index is 1.15. The Morgan fingerprint density at radius 2 is 1.84 bits per heavy atom. The zero-order chi connectivity index (χ0) is 26.1. The van der Waals surface area contributed by atoms with Crippen molar-refractivity contribution in [3.63, 3.8) is 0 Å². The van der Waals surface area contributed by atoms with Gasteiger partial charge < -0.3 is 20.1 Å². The highest BCUT2D eigenvalue weighted by Crippen LogP contribution is 2.31. The van der Waals surface area contributed by atoms with Gasteiger partial charge in [-0.25, -0.2) is 18.7 Å². The summed E-state index contributed by atoms with van der Waals surface area (Å²) in [7, 11) is 2.12. The minimum absolute atomic E-state index is 0.245. The fourth-order valence-corrected chi connectivity index (χ4v) is 5.22. The summed E-state index contributed by atoms with van der Waals surface area (Å²) in [6.07, 6.45) is 5.67. The molecule has 0 amide bonds. The SMILES string of the molecule is CC(C)c1noc(N2CCC(N(C)Cc3cnc(N4C[C@H](c5cc(F)ccc5F)[C@@H](N)C4)nc3)CC2)n1. The first-order valence-electron chi connectivity index (χ1n) is 12.8. The Labute approximate surface area is 215 Å². The van der Waals surface area contributed by atoms with Crippen LogP contribution >= 0.6 is 0 Å². The molecule has 198 valence electrons. The highest BCUT2D eigenvalue weighted by Gasteiger charge is 2.34. The van der Waals surface area contributed by atoms with Crippen molar-refractivity contribution in [2.75, 3.05) is 43.0 Å². The summed E-state index contributed by atoms with van der Waals surface area (Å²) in [5, 5.41) is 4.07. The predicted octanol–water partition coefficient (Wildman–Crippen LogP) is 3.29. The highest BCUT2D eigenvalue weighted by atomic mass is 19.1. The number of anilines is 2. The lowest BCUT2D eigenvalue weighted by atomic mass is 9.94. The first-order valence-corrected chi connectivity index (χ1v) is 12.8. The Bertz CT molecular complexity index is 1200. The molecule has 0 saturated carbocycles. The van der Waals surface area contributed by atoms with Gasteiger partial charge in [-0.1, -0.05) is 19.0 Å². The van der Waals surface area contributed by atoms with Gasteiger partial charge in [0, 0.05) is 74.6 Å². The summed E-state index contributed by atoms with van der Waals surface area (Å²) in [4.78, 5) is 20.1. The van der Waals surface area contributed by atoms with Crippen molar-refractivity contribution in [1.82, 2.24) is 25.0 Å². The number of rotatable bonds is 7. The first-order chi connectivity index (χ1) is 17.8. The molecule has 2 aromatic heterocycles. The molecule has 2 N–H and O–H groups in total. The number of halogens is 2. The minimum atomic E-state index is -0.465. The molecule has 9 nitrogen and oxygen atoms in total. The van der Waals surface area contributed by atoms with Crippen LogP contribution in [0.25, 0.3) is 0 Å². The van der Waals surface area contributed by atoms with Gasteiger partial charge in [-0.2, -0.15) is 4.98 Å². The van der Waals surface area contributed by atoms with E-state index in [9.17, 15) is 8.78 Å². The fourth-order valence-electron chi connectivity index (χ4n) is 5.22. The normalized spacial score (nSPS) is 21.0. The van der Waals surface area contributed by atoms with Crippen LogP contribution in [0.15, 0.2) is 35.1 Å². The number of hydrogen-bond acceptors (Lipinski definition) is 9. The quantitative estimate of drug-likeness (QED) is 0.511. The molecule has 2 aliphatic heterocycles. The molecule has 11 heteroatoms. The monoisotopic (exact) mass is 512 g/mol.